The van der Waals surface area contributed by atoms with Gasteiger partial charge in [0.05, 0.1) is 6.21 Å². The monoisotopic (exact) mass is 215 g/mol. The van der Waals surface area contributed by atoms with Crippen molar-refractivity contribution in [1.29, 1.82) is 0 Å². The molecule has 0 radical (unpaired) electrons. The van der Waals surface area contributed by atoms with Crippen molar-refractivity contribution >= 4 is 11.9 Å². The molecule has 0 aliphatic rings. The van der Waals surface area contributed by atoms with Crippen molar-refractivity contribution in [2.24, 2.45) is 10.3 Å². The Morgan fingerprint density at radius 2 is 1.80 bits per heavy atom. The van der Waals surface area contributed by atoms with Crippen LogP contribution in [0, 0.1) is 0 Å². The first-order valence-electron chi connectivity index (χ1n) is 5.23. The summed E-state index contributed by atoms with van der Waals surface area (Å²) in [5.41, 5.74) is 0.421. The minimum Gasteiger partial charge on any atom is -0.411 e. The third-order valence-corrected chi connectivity index (χ3v) is 2.12. The Bertz CT molecular complexity index is 203. The lowest BCUT2D eigenvalue weighted by Crippen LogP contribution is -2.12. The van der Waals surface area contributed by atoms with Gasteiger partial charge in [0.2, 0.25) is 0 Å². The molecule has 0 saturated heterocycles. The molecule has 0 saturated carbocycles. The van der Waals surface area contributed by atoms with E-state index in [1.165, 1.54) is 19.1 Å². The van der Waals surface area contributed by atoms with Crippen molar-refractivity contribution in [3.8, 4) is 0 Å². The molecule has 0 aromatic carbocycles. The molecular formula is C10H21N3O2. The van der Waals surface area contributed by atoms with Crippen molar-refractivity contribution in [2.75, 3.05) is 20.6 Å². The third-order valence-electron chi connectivity index (χ3n) is 2.12. The van der Waals surface area contributed by atoms with Crippen LogP contribution in [0.3, 0.4) is 0 Å². The van der Waals surface area contributed by atoms with Crippen LogP contribution in [0.5, 0.6) is 0 Å². The summed E-state index contributed by atoms with van der Waals surface area (Å²) in [6.45, 7) is 1.11. The lowest BCUT2D eigenvalue weighted by molar-refractivity contribution is 0.314. The Kier molecular flexibility index (Phi) is 8.76. The van der Waals surface area contributed by atoms with E-state index >= 15 is 0 Å². The van der Waals surface area contributed by atoms with E-state index in [1.54, 1.807) is 0 Å². The summed E-state index contributed by atoms with van der Waals surface area (Å²) in [6, 6.07) is 0. The first-order valence-corrected chi connectivity index (χ1v) is 5.23. The zero-order chi connectivity index (χ0) is 11.5. The van der Waals surface area contributed by atoms with Crippen molar-refractivity contribution in [1.82, 2.24) is 4.90 Å². The maximum absolute atomic E-state index is 8.51. The lowest BCUT2D eigenvalue weighted by atomic mass is 10.1. The zero-order valence-corrected chi connectivity index (χ0v) is 9.56. The van der Waals surface area contributed by atoms with E-state index in [0.29, 0.717) is 12.1 Å². The molecule has 0 atom stereocenters. The third kappa shape index (κ3) is 9.21. The first-order chi connectivity index (χ1) is 7.20. The van der Waals surface area contributed by atoms with Crippen LogP contribution in [-0.4, -0.2) is 47.9 Å². The van der Waals surface area contributed by atoms with Crippen LogP contribution in [0.1, 0.15) is 32.1 Å². The van der Waals surface area contributed by atoms with Gasteiger partial charge in [0.15, 0.2) is 0 Å². The number of unbranched alkanes of at least 4 members (excludes halogenated alkanes) is 3. The van der Waals surface area contributed by atoms with Gasteiger partial charge in [0.1, 0.15) is 5.71 Å². The van der Waals surface area contributed by atoms with Crippen LogP contribution in [0.15, 0.2) is 10.3 Å². The van der Waals surface area contributed by atoms with Gasteiger partial charge in [-0.25, -0.2) is 0 Å². The number of hydrogen-bond acceptors (Lipinski definition) is 5. The fourth-order valence-corrected chi connectivity index (χ4v) is 1.29. The maximum atomic E-state index is 8.51. The molecule has 88 valence electrons. The average molecular weight is 215 g/mol. The van der Waals surface area contributed by atoms with E-state index in [2.05, 4.69) is 29.3 Å². The zero-order valence-electron chi connectivity index (χ0n) is 9.56. The highest BCUT2D eigenvalue weighted by molar-refractivity contribution is 6.30. The number of rotatable bonds is 8. The van der Waals surface area contributed by atoms with E-state index in [1.807, 2.05) is 0 Å². The Labute approximate surface area is 91.1 Å². The molecule has 0 rings (SSSR count). The topological polar surface area (TPSA) is 68.4 Å². The van der Waals surface area contributed by atoms with Gasteiger partial charge in [-0.15, -0.1) is 0 Å². The van der Waals surface area contributed by atoms with Gasteiger partial charge in [-0.1, -0.05) is 23.2 Å². The van der Waals surface area contributed by atoms with E-state index in [0.717, 1.165) is 19.4 Å². The van der Waals surface area contributed by atoms with E-state index in [4.69, 9.17) is 10.4 Å². The number of oxime groups is 2. The predicted molar refractivity (Wildman–Crippen MR) is 61.1 cm³/mol. The molecule has 0 fully saturated rings. The number of nitrogens with zero attached hydrogens (tertiary/aromatic N) is 3. The molecule has 2 N–H and O–H groups in total. The second-order valence-electron chi connectivity index (χ2n) is 3.80. The normalized spacial score (nSPS) is 12.9. The summed E-state index contributed by atoms with van der Waals surface area (Å²) in [5.74, 6) is 0. The summed E-state index contributed by atoms with van der Waals surface area (Å²) in [6.07, 6.45) is 6.24. The van der Waals surface area contributed by atoms with Crippen molar-refractivity contribution in [3.63, 3.8) is 0 Å². The summed E-state index contributed by atoms with van der Waals surface area (Å²) in [5, 5.41) is 22.6. The first kappa shape index (κ1) is 13.9. The van der Waals surface area contributed by atoms with Crippen LogP contribution in [0.2, 0.25) is 0 Å². The van der Waals surface area contributed by atoms with E-state index in [-0.39, 0.29) is 0 Å². The van der Waals surface area contributed by atoms with Crippen molar-refractivity contribution in [2.45, 2.75) is 32.1 Å². The van der Waals surface area contributed by atoms with Gasteiger partial charge in [-0.2, -0.15) is 0 Å². The highest BCUT2D eigenvalue weighted by atomic mass is 16.4. The fourth-order valence-electron chi connectivity index (χ4n) is 1.29. The van der Waals surface area contributed by atoms with E-state index in [9.17, 15) is 0 Å². The van der Waals surface area contributed by atoms with Gasteiger partial charge in [0, 0.05) is 0 Å². The standard InChI is InChI=1S/C10H21N3O2/c1-13(2)8-6-4-3-5-7-10(12-15)9-11-14/h9,14-15H,3-8H2,1-2H3. The minimum absolute atomic E-state index is 0.421. The number of hydrogen-bond donors (Lipinski definition) is 2. The highest BCUT2D eigenvalue weighted by Crippen LogP contribution is 2.04. The Morgan fingerprint density at radius 1 is 1.13 bits per heavy atom. The average Bonchev–Trinajstić information content (AvgIpc) is 2.21. The SMILES string of the molecule is CN(C)CCCCCCC(C=NO)=NO. The van der Waals surface area contributed by atoms with Gasteiger partial charge < -0.3 is 15.3 Å². The highest BCUT2D eigenvalue weighted by Gasteiger charge is 1.97. The van der Waals surface area contributed by atoms with Crippen LogP contribution < -0.4 is 0 Å². The minimum atomic E-state index is 0.421. The lowest BCUT2D eigenvalue weighted by Gasteiger charge is -2.08. The second-order valence-corrected chi connectivity index (χ2v) is 3.80. The van der Waals surface area contributed by atoms with Gasteiger partial charge in [-0.3, -0.25) is 0 Å². The summed E-state index contributed by atoms with van der Waals surface area (Å²) in [4.78, 5) is 2.17. The molecule has 0 unspecified atom stereocenters. The van der Waals surface area contributed by atoms with Crippen LogP contribution >= 0.6 is 0 Å². The van der Waals surface area contributed by atoms with Crippen molar-refractivity contribution in [3.05, 3.63) is 0 Å². The van der Waals surface area contributed by atoms with Crippen molar-refractivity contribution < 1.29 is 10.4 Å². The summed E-state index contributed by atoms with van der Waals surface area (Å²) in [7, 11) is 4.13. The second kappa shape index (κ2) is 9.45. The molecule has 0 amide bonds. The van der Waals surface area contributed by atoms with Crippen LogP contribution in [0.25, 0.3) is 0 Å². The Morgan fingerprint density at radius 3 is 2.33 bits per heavy atom. The summed E-state index contributed by atoms with van der Waals surface area (Å²) >= 11 is 0. The molecule has 0 aromatic heterocycles. The molecule has 0 bridgehead atoms. The predicted octanol–water partition coefficient (Wildman–Crippen LogP) is 1.79. The van der Waals surface area contributed by atoms with Gasteiger partial charge in [-0.05, 0) is 39.9 Å². The molecular weight excluding hydrogens is 194 g/mol. The van der Waals surface area contributed by atoms with E-state index < -0.39 is 0 Å². The molecule has 0 aromatic rings. The van der Waals surface area contributed by atoms with Crippen LogP contribution in [0.4, 0.5) is 0 Å². The molecule has 0 aliphatic carbocycles. The maximum Gasteiger partial charge on any atom is 0.101 e. The Balaban J connectivity index is 3.37. The largest absolute Gasteiger partial charge is 0.411 e. The smallest absolute Gasteiger partial charge is 0.101 e. The fraction of sp³-hybridized carbons (Fsp3) is 0.800. The summed E-state index contributed by atoms with van der Waals surface area (Å²) < 4.78 is 0. The molecule has 15 heavy (non-hydrogen) atoms. The molecule has 0 aliphatic heterocycles. The molecule has 5 nitrogen and oxygen atoms in total. The molecule has 5 heteroatoms. The van der Waals surface area contributed by atoms with Gasteiger partial charge >= 0.3 is 0 Å². The molecule has 0 heterocycles. The Hall–Kier alpha value is -1.10. The molecule has 0 spiro atoms. The van der Waals surface area contributed by atoms with Crippen LogP contribution in [-0.2, 0) is 0 Å². The quantitative estimate of drug-likeness (QED) is 0.281. The van der Waals surface area contributed by atoms with Gasteiger partial charge in [0.25, 0.3) is 0 Å².